The molecular weight excluding hydrogens is 536 g/mol. The molecule has 1 heterocycles. The van der Waals surface area contributed by atoms with Crippen LogP contribution in [-0.4, -0.2) is 56.7 Å². The second-order valence-electron chi connectivity index (χ2n) is 11.9. The van der Waals surface area contributed by atoms with Crippen molar-refractivity contribution in [3.8, 4) is 0 Å². The van der Waals surface area contributed by atoms with Gasteiger partial charge in [0.2, 0.25) is 0 Å². The van der Waals surface area contributed by atoms with Gasteiger partial charge in [-0.05, 0) is 41.4 Å². The number of benzene rings is 3. The summed E-state index contributed by atoms with van der Waals surface area (Å²) >= 11 is 0. The van der Waals surface area contributed by atoms with Crippen LogP contribution in [0.1, 0.15) is 42.3 Å². The van der Waals surface area contributed by atoms with Crippen LogP contribution in [0.15, 0.2) is 91.0 Å². The quantitative estimate of drug-likeness (QED) is 0.217. The highest BCUT2D eigenvalue weighted by Crippen LogP contribution is 2.40. The van der Waals surface area contributed by atoms with E-state index in [-0.39, 0.29) is 18.3 Å². The second-order valence-corrected chi connectivity index (χ2v) is 16.7. The average molecular weight is 579 g/mol. The molecule has 1 aliphatic heterocycles. The zero-order valence-electron chi connectivity index (χ0n) is 24.6. The third-order valence-electron chi connectivity index (χ3n) is 7.78. The summed E-state index contributed by atoms with van der Waals surface area (Å²) in [7, 11) is -2.38. The Morgan fingerprint density at radius 1 is 0.805 bits per heavy atom. The van der Waals surface area contributed by atoms with E-state index in [9.17, 15) is 9.90 Å². The summed E-state index contributed by atoms with van der Waals surface area (Å²) in [6.07, 6.45) is -4.69. The number of carbonyl (C=O) groups is 1. The topological polar surface area (TPSA) is 83.5 Å². The molecule has 3 aromatic rings. The predicted octanol–water partition coefficient (Wildman–Crippen LogP) is 6.12. The number of carbonyl (C=O) groups excluding carboxylic acids is 1. The summed E-state index contributed by atoms with van der Waals surface area (Å²) in [6, 6.07) is 28.3. The van der Waals surface area contributed by atoms with Crippen LogP contribution in [0.25, 0.3) is 0 Å². The van der Waals surface area contributed by atoms with Crippen LogP contribution < -0.4 is 0 Å². The molecule has 0 spiro atoms. The van der Waals surface area contributed by atoms with Crippen molar-refractivity contribution >= 4 is 14.3 Å². The largest absolute Gasteiger partial charge is 0.450 e. The fourth-order valence-electron chi connectivity index (χ4n) is 4.40. The smallest absolute Gasteiger partial charge is 0.338 e. The lowest BCUT2D eigenvalue weighted by Crippen LogP contribution is -2.64. The van der Waals surface area contributed by atoms with Gasteiger partial charge in [-0.3, -0.25) is 0 Å². The number of hydrogen-bond acceptors (Lipinski definition) is 7. The van der Waals surface area contributed by atoms with E-state index in [0.29, 0.717) is 12.2 Å². The summed E-state index contributed by atoms with van der Waals surface area (Å²) in [4.78, 5) is 13.1. The maximum Gasteiger partial charge on any atom is 0.338 e. The average Bonchev–Trinajstić information content (AvgIpc) is 2.95. The second kappa shape index (κ2) is 13.9. The van der Waals surface area contributed by atoms with Crippen LogP contribution in [0.4, 0.5) is 0 Å². The van der Waals surface area contributed by atoms with Crippen LogP contribution >= 0.6 is 0 Å². The molecule has 220 valence electrons. The van der Waals surface area contributed by atoms with E-state index in [1.165, 1.54) is 0 Å². The molecule has 4 rings (SSSR count). The molecule has 0 aliphatic carbocycles. The number of aliphatic hydroxyl groups is 1. The van der Waals surface area contributed by atoms with Crippen LogP contribution in [0.3, 0.4) is 0 Å². The van der Waals surface area contributed by atoms with Crippen molar-refractivity contribution in [2.45, 2.75) is 82.8 Å². The van der Waals surface area contributed by atoms with Gasteiger partial charge in [0.15, 0.2) is 20.7 Å². The Morgan fingerprint density at radius 3 is 1.90 bits per heavy atom. The summed E-state index contributed by atoms with van der Waals surface area (Å²) < 4.78 is 31.5. The van der Waals surface area contributed by atoms with E-state index >= 15 is 0 Å². The highest BCUT2D eigenvalue weighted by atomic mass is 28.4. The number of ether oxygens (including phenoxy) is 4. The molecule has 0 amide bonds. The Bertz CT molecular complexity index is 1210. The Balaban J connectivity index is 1.63. The lowest BCUT2D eigenvalue weighted by atomic mass is 9.98. The van der Waals surface area contributed by atoms with E-state index < -0.39 is 45.0 Å². The zero-order chi connectivity index (χ0) is 29.5. The summed E-state index contributed by atoms with van der Waals surface area (Å²) in [5.74, 6) is -0.573. The first kappa shape index (κ1) is 31.1. The molecule has 5 atom stereocenters. The molecule has 0 saturated carbocycles. The van der Waals surface area contributed by atoms with Crippen molar-refractivity contribution in [1.82, 2.24) is 0 Å². The van der Waals surface area contributed by atoms with Gasteiger partial charge in [0.25, 0.3) is 0 Å². The first-order valence-corrected chi connectivity index (χ1v) is 17.0. The van der Waals surface area contributed by atoms with Crippen molar-refractivity contribution in [3.63, 3.8) is 0 Å². The Morgan fingerprint density at radius 2 is 1.34 bits per heavy atom. The van der Waals surface area contributed by atoms with Gasteiger partial charge < -0.3 is 28.5 Å². The fraction of sp³-hybridized carbons (Fsp3) is 0.424. The van der Waals surface area contributed by atoms with Gasteiger partial charge in [0.1, 0.15) is 18.3 Å². The third kappa shape index (κ3) is 8.35. The first-order chi connectivity index (χ1) is 19.5. The van der Waals surface area contributed by atoms with E-state index in [1.807, 2.05) is 66.7 Å². The Labute approximate surface area is 244 Å². The molecule has 3 aromatic carbocycles. The number of hydrogen-bond donors (Lipinski definition) is 1. The van der Waals surface area contributed by atoms with Gasteiger partial charge in [0, 0.05) is 0 Å². The van der Waals surface area contributed by atoms with Gasteiger partial charge in [-0.25, -0.2) is 4.79 Å². The van der Waals surface area contributed by atoms with Crippen molar-refractivity contribution in [3.05, 3.63) is 108 Å². The number of rotatable bonds is 11. The van der Waals surface area contributed by atoms with Gasteiger partial charge >= 0.3 is 5.97 Å². The molecule has 1 N–H and O–H groups in total. The van der Waals surface area contributed by atoms with E-state index in [1.54, 1.807) is 24.3 Å². The molecular formula is C33H42O7Si. The van der Waals surface area contributed by atoms with Crippen molar-refractivity contribution in [1.29, 1.82) is 0 Å². The number of aliphatic hydroxyl groups excluding tert-OH is 1. The molecule has 1 aliphatic rings. The molecule has 1 saturated heterocycles. The molecule has 0 bridgehead atoms. The maximum absolute atomic E-state index is 13.1. The summed E-state index contributed by atoms with van der Waals surface area (Å²) in [6.45, 7) is 11.6. The third-order valence-corrected chi connectivity index (χ3v) is 12.3. The van der Waals surface area contributed by atoms with E-state index in [0.717, 1.165) is 11.1 Å². The van der Waals surface area contributed by atoms with Gasteiger partial charge in [-0.15, -0.1) is 0 Å². The first-order valence-electron chi connectivity index (χ1n) is 14.1. The summed E-state index contributed by atoms with van der Waals surface area (Å²) in [5.41, 5.74) is 2.35. The zero-order valence-corrected chi connectivity index (χ0v) is 25.6. The Kier molecular flexibility index (Phi) is 10.5. The highest BCUT2D eigenvalue weighted by molar-refractivity contribution is 6.74. The predicted molar refractivity (Wildman–Crippen MR) is 160 cm³/mol. The van der Waals surface area contributed by atoms with E-state index in [4.69, 9.17) is 23.4 Å². The van der Waals surface area contributed by atoms with Crippen LogP contribution in [0.5, 0.6) is 0 Å². The van der Waals surface area contributed by atoms with Crippen molar-refractivity contribution < 1.29 is 33.3 Å². The maximum atomic E-state index is 13.1. The minimum atomic E-state index is -2.38. The molecule has 41 heavy (non-hydrogen) atoms. The van der Waals surface area contributed by atoms with Crippen LogP contribution in [0.2, 0.25) is 18.1 Å². The molecule has 0 unspecified atom stereocenters. The van der Waals surface area contributed by atoms with Crippen molar-refractivity contribution in [2.24, 2.45) is 0 Å². The highest BCUT2D eigenvalue weighted by Gasteiger charge is 2.52. The van der Waals surface area contributed by atoms with Crippen molar-refractivity contribution in [2.75, 3.05) is 6.61 Å². The fourth-order valence-corrected chi connectivity index (χ4v) is 5.72. The van der Waals surface area contributed by atoms with Crippen LogP contribution in [0, 0.1) is 0 Å². The van der Waals surface area contributed by atoms with Crippen LogP contribution in [-0.2, 0) is 36.6 Å². The van der Waals surface area contributed by atoms with Gasteiger partial charge in [-0.2, -0.15) is 0 Å². The molecule has 0 aromatic heterocycles. The lowest BCUT2D eigenvalue weighted by Gasteiger charge is -2.48. The molecule has 8 heteroatoms. The minimum absolute atomic E-state index is 0.112. The van der Waals surface area contributed by atoms with Gasteiger partial charge in [0.05, 0.1) is 25.4 Å². The van der Waals surface area contributed by atoms with Gasteiger partial charge in [-0.1, -0.05) is 99.6 Å². The minimum Gasteiger partial charge on any atom is -0.450 e. The normalized spacial score (nSPS) is 23.2. The molecule has 1 fully saturated rings. The summed E-state index contributed by atoms with van der Waals surface area (Å²) in [5, 5.41) is 11.1. The molecule has 0 radical (unpaired) electrons. The Hall–Kier alpha value is -2.85. The SMILES string of the molecule is CC(C)(C)[Si](C)(C)O[C@H]1[C@H](OCc2ccccc2)[C@H](OC(=O)c2ccccc2)[C@@H](O)O[C@@H]1COCc1ccccc1. The van der Waals surface area contributed by atoms with E-state index in [2.05, 4.69) is 33.9 Å². The number of esters is 1. The molecule has 7 nitrogen and oxygen atoms in total. The monoisotopic (exact) mass is 578 g/mol. The lowest BCUT2D eigenvalue weighted by molar-refractivity contribution is -0.294. The standard InChI is InChI=1S/C33H42O7Si/c1-33(2,3)41(4,5)40-28-27(23-36-21-24-15-9-6-10-16-24)38-32(35)30(39-31(34)26-19-13-8-14-20-26)29(28)37-22-25-17-11-7-12-18-25/h6-20,27-30,32,35H,21-23H2,1-5H3/t27-,28-,29+,30+,32+/m1/s1.